The maximum absolute atomic E-state index is 4.39. The van der Waals surface area contributed by atoms with Crippen molar-refractivity contribution in [1.82, 2.24) is 15.0 Å². The van der Waals surface area contributed by atoms with Crippen LogP contribution < -0.4 is 4.90 Å². The Hall–Kier alpha value is -2.62. The van der Waals surface area contributed by atoms with Gasteiger partial charge in [0.15, 0.2) is 0 Å². The highest BCUT2D eigenvalue weighted by molar-refractivity contribution is 5.87. The van der Waals surface area contributed by atoms with Crippen LogP contribution in [0.5, 0.6) is 0 Å². The molecule has 0 bridgehead atoms. The highest BCUT2D eigenvalue weighted by Crippen LogP contribution is 2.39. The molecule has 1 aromatic heterocycles. The molecule has 4 heteroatoms. The fourth-order valence-corrected chi connectivity index (χ4v) is 2.97. The summed E-state index contributed by atoms with van der Waals surface area (Å²) in [5.41, 5.74) is 6.52. The summed E-state index contributed by atoms with van der Waals surface area (Å²) in [7, 11) is 6.14. The van der Waals surface area contributed by atoms with E-state index in [1.165, 1.54) is 11.1 Å². The van der Waals surface area contributed by atoms with Gasteiger partial charge in [-0.3, -0.25) is 0 Å². The van der Waals surface area contributed by atoms with E-state index in [2.05, 4.69) is 53.8 Å². The van der Waals surface area contributed by atoms with Crippen molar-refractivity contribution in [3.8, 4) is 22.5 Å². The fourth-order valence-electron chi connectivity index (χ4n) is 2.97. The predicted molar refractivity (Wildman–Crippen MR) is 83.4 cm³/mol. The molecule has 2 aromatic carbocycles. The molecule has 21 heavy (non-hydrogen) atoms. The van der Waals surface area contributed by atoms with Crippen LogP contribution in [0, 0.1) is 7.05 Å². The van der Waals surface area contributed by atoms with Crippen molar-refractivity contribution in [3.63, 3.8) is 0 Å². The minimum atomic E-state index is 0.762. The van der Waals surface area contributed by atoms with E-state index in [0.29, 0.717) is 0 Å². The minimum Gasteiger partial charge on any atom is -0.365 e. The van der Waals surface area contributed by atoms with E-state index in [1.54, 1.807) is 0 Å². The second kappa shape index (κ2) is 4.45. The smallest absolute Gasteiger partial charge is 0.123 e. The van der Waals surface area contributed by atoms with Crippen LogP contribution in [0.1, 0.15) is 5.56 Å². The fraction of sp³-hybridized carbons (Fsp3) is 0.118. The lowest BCUT2D eigenvalue weighted by molar-refractivity contribution is 0.720. The van der Waals surface area contributed by atoms with Gasteiger partial charge in [-0.15, -0.1) is 5.10 Å². The Labute approximate surface area is 123 Å². The zero-order valence-corrected chi connectivity index (χ0v) is 11.8. The molecule has 4 rings (SSSR count). The van der Waals surface area contributed by atoms with Gasteiger partial charge < -0.3 is 4.90 Å². The van der Waals surface area contributed by atoms with E-state index in [1.807, 2.05) is 28.8 Å². The third kappa shape index (κ3) is 1.76. The maximum atomic E-state index is 4.39. The molecule has 0 aliphatic carbocycles. The third-order valence-corrected chi connectivity index (χ3v) is 3.96. The van der Waals surface area contributed by atoms with E-state index in [9.17, 15) is 0 Å². The van der Waals surface area contributed by atoms with Gasteiger partial charge in [0, 0.05) is 37.5 Å². The zero-order valence-electron chi connectivity index (χ0n) is 11.8. The lowest BCUT2D eigenvalue weighted by Crippen LogP contribution is -2.17. The molecule has 0 spiro atoms. The van der Waals surface area contributed by atoms with E-state index < -0.39 is 0 Å². The van der Waals surface area contributed by atoms with Crippen molar-refractivity contribution in [2.24, 2.45) is 7.05 Å². The molecule has 3 aromatic rings. The molecule has 4 nitrogen and oxygen atoms in total. The average Bonchev–Trinajstić information content (AvgIpc) is 2.88. The number of benzene rings is 2. The van der Waals surface area contributed by atoms with Gasteiger partial charge in [-0.05, 0) is 11.6 Å². The van der Waals surface area contributed by atoms with Gasteiger partial charge in [-0.25, -0.2) is 4.68 Å². The van der Waals surface area contributed by atoms with E-state index in [0.717, 1.165) is 29.2 Å². The van der Waals surface area contributed by atoms with Gasteiger partial charge in [-0.1, -0.05) is 47.7 Å². The molecule has 1 radical (unpaired) electrons. The van der Waals surface area contributed by atoms with Crippen molar-refractivity contribution in [2.45, 2.75) is 6.54 Å². The lowest BCUT2D eigenvalue weighted by atomic mass is 9.96. The summed E-state index contributed by atoms with van der Waals surface area (Å²) in [6.45, 7) is 0.762. The Balaban J connectivity index is 2.11. The molecule has 1 aliphatic heterocycles. The number of hydrogen-bond donors (Lipinski definition) is 0. The number of fused-ring (bicyclic) bond motifs is 5. The Morgan fingerprint density at radius 3 is 2.57 bits per heavy atom. The summed E-state index contributed by atoms with van der Waals surface area (Å²) in [6.07, 6.45) is 0. The quantitative estimate of drug-likeness (QED) is 0.631. The van der Waals surface area contributed by atoms with Gasteiger partial charge in [-0.2, -0.15) is 0 Å². The highest BCUT2D eigenvalue weighted by atomic mass is 15.4. The molecule has 0 atom stereocenters. The molecule has 0 saturated heterocycles. The van der Waals surface area contributed by atoms with Crippen molar-refractivity contribution >= 4 is 5.69 Å². The van der Waals surface area contributed by atoms with Crippen LogP contribution in [0.3, 0.4) is 0 Å². The van der Waals surface area contributed by atoms with Crippen LogP contribution in [0.25, 0.3) is 22.5 Å². The molecular formula is C17H15N4. The predicted octanol–water partition coefficient (Wildman–Crippen LogP) is 3.26. The minimum absolute atomic E-state index is 0.762. The van der Waals surface area contributed by atoms with Gasteiger partial charge in [0.05, 0.1) is 5.69 Å². The van der Waals surface area contributed by atoms with Crippen LogP contribution in [-0.2, 0) is 13.6 Å². The third-order valence-electron chi connectivity index (χ3n) is 3.96. The van der Waals surface area contributed by atoms with Crippen LogP contribution in [-0.4, -0.2) is 15.0 Å². The first-order valence-electron chi connectivity index (χ1n) is 6.91. The highest BCUT2D eigenvalue weighted by Gasteiger charge is 2.23. The van der Waals surface area contributed by atoms with Crippen molar-refractivity contribution in [2.75, 3.05) is 4.90 Å². The number of anilines is 1. The number of rotatable bonds is 0. The summed E-state index contributed by atoms with van der Waals surface area (Å²) < 4.78 is 1.85. The molecule has 0 N–H and O–H groups in total. The Kier molecular flexibility index (Phi) is 2.57. The molecule has 0 amide bonds. The topological polar surface area (TPSA) is 34.0 Å². The van der Waals surface area contributed by atoms with Gasteiger partial charge in [0.2, 0.25) is 0 Å². The second-order valence-corrected chi connectivity index (χ2v) is 5.28. The summed E-state index contributed by atoms with van der Waals surface area (Å²) in [6, 6.07) is 16.6. The monoisotopic (exact) mass is 275 g/mol. The van der Waals surface area contributed by atoms with E-state index >= 15 is 0 Å². The first-order chi connectivity index (χ1) is 10.3. The summed E-state index contributed by atoms with van der Waals surface area (Å²) in [4.78, 5) is 2.02. The number of aryl methyl sites for hydroxylation is 1. The molecule has 2 heterocycles. The van der Waals surface area contributed by atoms with E-state index in [-0.39, 0.29) is 0 Å². The standard InChI is InChI=1S/C17H15N4/c1-20-11-12-7-3-4-8-13(12)17-16(18-19-21(17)2)14-9-5-6-10-15(14)20/h3-10H,1,11H2,2H3. The lowest BCUT2D eigenvalue weighted by Gasteiger charge is -2.26. The Bertz CT molecular complexity index is 819. The average molecular weight is 275 g/mol. The largest absolute Gasteiger partial charge is 0.365 e. The Morgan fingerprint density at radius 2 is 1.71 bits per heavy atom. The number of aromatic nitrogens is 3. The van der Waals surface area contributed by atoms with Gasteiger partial charge in [0.1, 0.15) is 5.69 Å². The van der Waals surface area contributed by atoms with Gasteiger partial charge in [0.25, 0.3) is 0 Å². The molecule has 0 saturated carbocycles. The molecule has 1 aliphatic rings. The summed E-state index contributed by atoms with van der Waals surface area (Å²) in [5.74, 6) is 0. The normalized spacial score (nSPS) is 13.0. The van der Waals surface area contributed by atoms with Crippen LogP contribution >= 0.6 is 0 Å². The first kappa shape index (κ1) is 12.1. The molecule has 0 fully saturated rings. The Morgan fingerprint density at radius 1 is 1.00 bits per heavy atom. The van der Waals surface area contributed by atoms with Crippen molar-refractivity contribution in [1.29, 1.82) is 0 Å². The molecular weight excluding hydrogens is 260 g/mol. The number of para-hydroxylation sites is 1. The molecule has 0 unspecified atom stereocenters. The SMILES string of the molecule is [CH2]N1Cc2ccccc2-c2c(nnn2C)-c2ccccc21. The van der Waals surface area contributed by atoms with Crippen LogP contribution in [0.15, 0.2) is 48.5 Å². The first-order valence-corrected chi connectivity index (χ1v) is 6.91. The van der Waals surface area contributed by atoms with E-state index in [4.69, 9.17) is 0 Å². The van der Waals surface area contributed by atoms with Crippen molar-refractivity contribution < 1.29 is 0 Å². The summed E-state index contributed by atoms with van der Waals surface area (Å²) >= 11 is 0. The number of hydrogen-bond acceptors (Lipinski definition) is 3. The van der Waals surface area contributed by atoms with Crippen molar-refractivity contribution in [3.05, 3.63) is 61.1 Å². The summed E-state index contributed by atoms with van der Waals surface area (Å²) in [5, 5.41) is 8.62. The molecule has 103 valence electrons. The second-order valence-electron chi connectivity index (χ2n) is 5.28. The van der Waals surface area contributed by atoms with Crippen LogP contribution in [0.2, 0.25) is 0 Å². The van der Waals surface area contributed by atoms with Crippen LogP contribution in [0.4, 0.5) is 5.69 Å². The van der Waals surface area contributed by atoms with Gasteiger partial charge >= 0.3 is 0 Å². The zero-order chi connectivity index (χ0) is 14.4. The maximum Gasteiger partial charge on any atom is 0.123 e. The number of nitrogens with zero attached hydrogens (tertiary/aromatic N) is 4.